The minimum atomic E-state index is -0.155. The summed E-state index contributed by atoms with van der Waals surface area (Å²) in [6.07, 6.45) is 0.888. The molecule has 27 heavy (non-hydrogen) atoms. The van der Waals surface area contributed by atoms with Gasteiger partial charge in [-0.15, -0.1) is 0 Å². The first-order valence-electron chi connectivity index (χ1n) is 8.77. The molecule has 2 aromatic carbocycles. The van der Waals surface area contributed by atoms with E-state index in [1.165, 1.54) is 18.7 Å². The SMILES string of the molecule is CC(=O)c1ccc(N(CCC(=O)NCCc2cccc(Cl)c2)C(C)=O)cc1. The van der Waals surface area contributed by atoms with Gasteiger partial charge in [0.25, 0.3) is 0 Å². The van der Waals surface area contributed by atoms with E-state index in [0.717, 1.165) is 5.56 Å². The van der Waals surface area contributed by atoms with Gasteiger partial charge < -0.3 is 10.2 Å². The lowest BCUT2D eigenvalue weighted by Gasteiger charge is -2.21. The number of hydrogen-bond acceptors (Lipinski definition) is 3. The van der Waals surface area contributed by atoms with Gasteiger partial charge in [-0.2, -0.15) is 0 Å². The number of amides is 2. The highest BCUT2D eigenvalue weighted by atomic mass is 35.5. The van der Waals surface area contributed by atoms with Gasteiger partial charge in [0.05, 0.1) is 0 Å². The monoisotopic (exact) mass is 386 g/mol. The minimum Gasteiger partial charge on any atom is -0.356 e. The molecule has 6 heteroatoms. The number of ketones is 1. The van der Waals surface area contributed by atoms with Crippen LogP contribution >= 0.6 is 11.6 Å². The van der Waals surface area contributed by atoms with Crippen molar-refractivity contribution in [2.24, 2.45) is 0 Å². The Kier molecular flexibility index (Phi) is 7.55. The van der Waals surface area contributed by atoms with E-state index in [1.807, 2.05) is 24.3 Å². The van der Waals surface area contributed by atoms with E-state index in [0.29, 0.717) is 29.2 Å². The normalized spacial score (nSPS) is 10.3. The van der Waals surface area contributed by atoms with Crippen molar-refractivity contribution in [3.8, 4) is 0 Å². The van der Waals surface area contributed by atoms with Gasteiger partial charge in [-0.1, -0.05) is 23.7 Å². The molecule has 1 N–H and O–H groups in total. The summed E-state index contributed by atoms with van der Waals surface area (Å²) in [6, 6.07) is 14.3. The van der Waals surface area contributed by atoms with Crippen LogP contribution in [0.2, 0.25) is 5.02 Å². The minimum absolute atomic E-state index is 0.0324. The molecule has 0 heterocycles. The molecular formula is C21H23ClN2O3. The largest absolute Gasteiger partial charge is 0.356 e. The highest BCUT2D eigenvalue weighted by Gasteiger charge is 2.14. The zero-order valence-corrected chi connectivity index (χ0v) is 16.3. The number of carbonyl (C=O) groups excluding carboxylic acids is 3. The molecule has 5 nitrogen and oxygen atoms in total. The van der Waals surface area contributed by atoms with Crippen LogP contribution in [0.25, 0.3) is 0 Å². The number of anilines is 1. The molecule has 2 aromatic rings. The van der Waals surface area contributed by atoms with Crippen molar-refractivity contribution in [2.45, 2.75) is 26.7 Å². The molecular weight excluding hydrogens is 364 g/mol. The van der Waals surface area contributed by atoms with Crippen molar-refractivity contribution in [1.82, 2.24) is 5.32 Å². The Bertz CT molecular complexity index is 818. The predicted octanol–water partition coefficient (Wildman–Crippen LogP) is 3.64. The Balaban J connectivity index is 1.85. The lowest BCUT2D eigenvalue weighted by atomic mass is 10.1. The van der Waals surface area contributed by atoms with Gasteiger partial charge in [0.2, 0.25) is 11.8 Å². The second-order valence-corrected chi connectivity index (χ2v) is 6.69. The molecule has 0 saturated carbocycles. The molecule has 2 rings (SSSR count). The van der Waals surface area contributed by atoms with Crippen molar-refractivity contribution in [3.63, 3.8) is 0 Å². The Morgan fingerprint density at radius 2 is 1.74 bits per heavy atom. The molecule has 0 aromatic heterocycles. The van der Waals surface area contributed by atoms with Crippen molar-refractivity contribution >= 4 is 34.9 Å². The molecule has 0 atom stereocenters. The molecule has 0 aliphatic heterocycles. The number of benzene rings is 2. The molecule has 2 amide bonds. The molecule has 0 bridgehead atoms. The average Bonchev–Trinajstić information content (AvgIpc) is 2.62. The summed E-state index contributed by atoms with van der Waals surface area (Å²) >= 11 is 5.94. The summed E-state index contributed by atoms with van der Waals surface area (Å²) in [6.45, 7) is 3.73. The van der Waals surface area contributed by atoms with Gasteiger partial charge in [-0.05, 0) is 55.3 Å². The zero-order chi connectivity index (χ0) is 19.8. The first-order valence-corrected chi connectivity index (χ1v) is 9.15. The summed E-state index contributed by atoms with van der Waals surface area (Å²) in [5.41, 5.74) is 2.30. The van der Waals surface area contributed by atoms with Crippen LogP contribution in [0.15, 0.2) is 48.5 Å². The van der Waals surface area contributed by atoms with Gasteiger partial charge in [0, 0.05) is 42.7 Å². The number of hydrogen-bond donors (Lipinski definition) is 1. The quantitative estimate of drug-likeness (QED) is 0.704. The fraction of sp³-hybridized carbons (Fsp3) is 0.286. The van der Waals surface area contributed by atoms with E-state index in [9.17, 15) is 14.4 Å². The third-order valence-corrected chi connectivity index (χ3v) is 4.39. The summed E-state index contributed by atoms with van der Waals surface area (Å²) in [5.74, 6) is -0.309. The van der Waals surface area contributed by atoms with Crippen LogP contribution in [0.5, 0.6) is 0 Å². The van der Waals surface area contributed by atoms with Crippen LogP contribution in [0.3, 0.4) is 0 Å². The van der Waals surface area contributed by atoms with E-state index in [2.05, 4.69) is 5.32 Å². The van der Waals surface area contributed by atoms with Crippen LogP contribution in [-0.2, 0) is 16.0 Å². The van der Waals surface area contributed by atoms with Gasteiger partial charge >= 0.3 is 0 Å². The molecule has 0 radical (unpaired) electrons. The molecule has 0 aliphatic rings. The molecule has 0 aliphatic carbocycles. The lowest BCUT2D eigenvalue weighted by molar-refractivity contribution is -0.121. The number of nitrogens with one attached hydrogen (secondary N) is 1. The van der Waals surface area contributed by atoms with Gasteiger partial charge in [0.15, 0.2) is 5.78 Å². The van der Waals surface area contributed by atoms with Gasteiger partial charge in [-0.25, -0.2) is 0 Å². The number of nitrogens with zero attached hydrogens (tertiary/aromatic N) is 1. The van der Waals surface area contributed by atoms with Crippen molar-refractivity contribution in [1.29, 1.82) is 0 Å². The molecule has 142 valence electrons. The molecule has 0 unspecified atom stereocenters. The van der Waals surface area contributed by atoms with Crippen LogP contribution in [-0.4, -0.2) is 30.7 Å². The first kappa shape index (κ1) is 20.6. The smallest absolute Gasteiger partial charge is 0.223 e. The maximum absolute atomic E-state index is 12.1. The van der Waals surface area contributed by atoms with Crippen LogP contribution in [0.1, 0.15) is 36.2 Å². The van der Waals surface area contributed by atoms with E-state index < -0.39 is 0 Å². The first-order chi connectivity index (χ1) is 12.9. The number of Topliss-reactive ketones (excluding diaryl/α,β-unsaturated/α-hetero) is 1. The Morgan fingerprint density at radius 3 is 2.33 bits per heavy atom. The van der Waals surface area contributed by atoms with Gasteiger partial charge in [0.1, 0.15) is 0 Å². The van der Waals surface area contributed by atoms with E-state index in [4.69, 9.17) is 11.6 Å². The third kappa shape index (κ3) is 6.53. The lowest BCUT2D eigenvalue weighted by Crippen LogP contribution is -2.34. The van der Waals surface area contributed by atoms with Crippen molar-refractivity contribution in [2.75, 3.05) is 18.0 Å². The summed E-state index contributed by atoms with van der Waals surface area (Å²) < 4.78 is 0. The molecule has 0 spiro atoms. The second kappa shape index (κ2) is 9.88. The summed E-state index contributed by atoms with van der Waals surface area (Å²) in [5, 5.41) is 3.53. The Morgan fingerprint density at radius 1 is 1.04 bits per heavy atom. The van der Waals surface area contributed by atoms with E-state index in [1.54, 1.807) is 24.3 Å². The summed E-state index contributed by atoms with van der Waals surface area (Å²) in [4.78, 5) is 36.9. The van der Waals surface area contributed by atoms with E-state index in [-0.39, 0.29) is 30.6 Å². The fourth-order valence-electron chi connectivity index (χ4n) is 2.68. The maximum Gasteiger partial charge on any atom is 0.223 e. The predicted molar refractivity (Wildman–Crippen MR) is 107 cm³/mol. The topological polar surface area (TPSA) is 66.5 Å². The van der Waals surface area contributed by atoms with E-state index >= 15 is 0 Å². The Hall–Kier alpha value is -2.66. The Labute approximate surface area is 164 Å². The summed E-state index contributed by atoms with van der Waals surface area (Å²) in [7, 11) is 0. The zero-order valence-electron chi connectivity index (χ0n) is 15.5. The fourth-order valence-corrected chi connectivity index (χ4v) is 2.90. The molecule has 0 saturated heterocycles. The standard InChI is InChI=1S/C21H23ClN2O3/c1-15(25)18-6-8-20(9-7-18)24(16(2)26)13-11-21(27)23-12-10-17-4-3-5-19(22)14-17/h3-9,14H,10-13H2,1-2H3,(H,23,27). The average molecular weight is 387 g/mol. The van der Waals surface area contributed by atoms with Crippen molar-refractivity contribution < 1.29 is 14.4 Å². The highest BCUT2D eigenvalue weighted by molar-refractivity contribution is 6.30. The van der Waals surface area contributed by atoms with Crippen LogP contribution in [0.4, 0.5) is 5.69 Å². The maximum atomic E-state index is 12.1. The number of rotatable bonds is 8. The van der Waals surface area contributed by atoms with Crippen molar-refractivity contribution in [3.05, 3.63) is 64.7 Å². The third-order valence-electron chi connectivity index (χ3n) is 4.15. The van der Waals surface area contributed by atoms with Gasteiger partial charge in [-0.3, -0.25) is 14.4 Å². The van der Waals surface area contributed by atoms with Crippen LogP contribution < -0.4 is 10.2 Å². The number of carbonyl (C=O) groups is 3. The van der Waals surface area contributed by atoms with Crippen LogP contribution in [0, 0.1) is 0 Å². The second-order valence-electron chi connectivity index (χ2n) is 6.25. The highest BCUT2D eigenvalue weighted by Crippen LogP contribution is 2.16. The molecule has 0 fully saturated rings. The number of halogens is 1.